The van der Waals surface area contributed by atoms with Crippen molar-refractivity contribution >= 4 is 29.7 Å². The highest BCUT2D eigenvalue weighted by molar-refractivity contribution is 5.94. The van der Waals surface area contributed by atoms with E-state index in [1.54, 1.807) is 42.5 Å². The summed E-state index contributed by atoms with van der Waals surface area (Å²) < 4.78 is 0. The molecule has 240 valence electrons. The molecule has 3 amide bonds. The van der Waals surface area contributed by atoms with Crippen LogP contribution in [-0.4, -0.2) is 80.5 Å². The Morgan fingerprint density at radius 2 is 1.40 bits per heavy atom. The van der Waals surface area contributed by atoms with Crippen LogP contribution in [0.4, 0.5) is 0 Å². The van der Waals surface area contributed by atoms with E-state index in [2.05, 4.69) is 30.9 Å². The SMILES string of the molecule is NC(N)=NCCCC(N)C(=O)NC(Cc1ccc(O)cc1)C(=O)NC(Cc1ccccc1)C(=O)NC(Cc1cnc[nH]1)C(=O)O. The first-order chi connectivity index (χ1) is 21.5. The molecule has 12 N–H and O–H groups in total. The number of benzene rings is 2. The average molecular weight is 622 g/mol. The number of H-pyrrole nitrogens is 1. The van der Waals surface area contributed by atoms with E-state index < -0.39 is 47.9 Å². The highest BCUT2D eigenvalue weighted by Gasteiger charge is 2.31. The molecule has 15 nitrogen and oxygen atoms in total. The maximum absolute atomic E-state index is 13.7. The van der Waals surface area contributed by atoms with Gasteiger partial charge in [0, 0.05) is 37.7 Å². The summed E-state index contributed by atoms with van der Waals surface area (Å²) in [6.07, 6.45) is 3.50. The van der Waals surface area contributed by atoms with Crippen LogP contribution in [0.1, 0.15) is 29.7 Å². The van der Waals surface area contributed by atoms with Crippen molar-refractivity contribution in [1.82, 2.24) is 25.9 Å². The number of nitrogens with zero attached hydrogens (tertiary/aromatic N) is 2. The van der Waals surface area contributed by atoms with Crippen LogP contribution in [0.3, 0.4) is 0 Å². The Bertz CT molecular complexity index is 1430. The number of carbonyl (C=O) groups excluding carboxylic acids is 3. The van der Waals surface area contributed by atoms with Crippen LogP contribution < -0.4 is 33.2 Å². The van der Waals surface area contributed by atoms with Gasteiger partial charge in [0.15, 0.2) is 5.96 Å². The minimum atomic E-state index is -1.31. The van der Waals surface area contributed by atoms with Crippen LogP contribution in [0.5, 0.6) is 5.75 Å². The van der Waals surface area contributed by atoms with Crippen molar-refractivity contribution in [2.24, 2.45) is 22.2 Å². The van der Waals surface area contributed by atoms with Crippen LogP contribution in [0.15, 0.2) is 72.1 Å². The summed E-state index contributed by atoms with van der Waals surface area (Å²) in [6, 6.07) is 10.3. The molecule has 0 fully saturated rings. The minimum Gasteiger partial charge on any atom is -0.508 e. The van der Waals surface area contributed by atoms with Gasteiger partial charge in [0.2, 0.25) is 17.7 Å². The van der Waals surface area contributed by atoms with Gasteiger partial charge in [0.25, 0.3) is 0 Å². The monoisotopic (exact) mass is 621 g/mol. The third-order valence-electron chi connectivity index (χ3n) is 6.82. The fourth-order valence-corrected chi connectivity index (χ4v) is 4.43. The molecule has 2 aromatic carbocycles. The lowest BCUT2D eigenvalue weighted by molar-refractivity contribution is -0.142. The zero-order valence-corrected chi connectivity index (χ0v) is 24.6. The van der Waals surface area contributed by atoms with Gasteiger partial charge in [-0.3, -0.25) is 19.4 Å². The first-order valence-electron chi connectivity index (χ1n) is 14.3. The number of nitrogens with one attached hydrogen (secondary N) is 4. The molecule has 0 radical (unpaired) electrons. The standard InChI is InChI=1S/C30H39N9O6/c31-22(7-4-12-35-30(32)33)26(41)37-23(14-19-8-10-21(40)11-9-19)27(42)38-24(13-18-5-2-1-3-6-18)28(43)39-25(29(44)45)15-20-16-34-17-36-20/h1-3,5-6,8-11,16-17,22-25,40H,4,7,12-15,31H2,(H,34,36)(H,37,41)(H,38,42)(H,39,43)(H,44,45)(H4,32,33,35). The normalized spacial score (nSPS) is 13.4. The van der Waals surface area contributed by atoms with Crippen molar-refractivity contribution in [3.05, 3.63) is 83.9 Å². The molecule has 4 unspecified atom stereocenters. The Kier molecular flexibility index (Phi) is 12.9. The van der Waals surface area contributed by atoms with Crippen molar-refractivity contribution in [3.8, 4) is 5.75 Å². The Balaban J connectivity index is 1.80. The second kappa shape index (κ2) is 17.0. The van der Waals surface area contributed by atoms with Gasteiger partial charge >= 0.3 is 5.97 Å². The fraction of sp³-hybridized carbons (Fsp3) is 0.333. The smallest absolute Gasteiger partial charge is 0.326 e. The number of phenolic OH excluding ortho intramolecular Hbond substituents is 1. The van der Waals surface area contributed by atoms with E-state index in [1.165, 1.54) is 24.7 Å². The van der Waals surface area contributed by atoms with Crippen LogP contribution in [0.2, 0.25) is 0 Å². The van der Waals surface area contributed by atoms with Crippen molar-refractivity contribution in [3.63, 3.8) is 0 Å². The van der Waals surface area contributed by atoms with Crippen molar-refractivity contribution < 1.29 is 29.4 Å². The second-order valence-corrected chi connectivity index (χ2v) is 10.4. The largest absolute Gasteiger partial charge is 0.508 e. The highest BCUT2D eigenvalue weighted by Crippen LogP contribution is 2.13. The summed E-state index contributed by atoms with van der Waals surface area (Å²) in [5.74, 6) is -3.36. The number of carboxylic acid groups (broad SMARTS) is 1. The average Bonchev–Trinajstić information content (AvgIpc) is 3.52. The molecule has 0 aliphatic heterocycles. The lowest BCUT2D eigenvalue weighted by Gasteiger charge is -2.25. The Morgan fingerprint density at radius 1 is 0.822 bits per heavy atom. The predicted molar refractivity (Wildman–Crippen MR) is 166 cm³/mol. The second-order valence-electron chi connectivity index (χ2n) is 10.4. The number of hydrogen-bond donors (Lipinski definition) is 9. The number of guanidine groups is 1. The summed E-state index contributed by atoms with van der Waals surface area (Å²) in [5, 5.41) is 27.3. The molecule has 0 aliphatic carbocycles. The number of phenols is 1. The van der Waals surface area contributed by atoms with Crippen molar-refractivity contribution in [2.45, 2.75) is 56.3 Å². The number of hydrogen-bond acceptors (Lipinski definition) is 8. The summed E-state index contributed by atoms with van der Waals surface area (Å²) >= 11 is 0. The van der Waals surface area contributed by atoms with Gasteiger partial charge in [-0.1, -0.05) is 42.5 Å². The number of aliphatic imine (C=N–C) groups is 1. The summed E-state index contributed by atoms with van der Waals surface area (Å²) in [4.78, 5) is 62.8. The van der Waals surface area contributed by atoms with Gasteiger partial charge in [-0.2, -0.15) is 0 Å². The van der Waals surface area contributed by atoms with Gasteiger partial charge in [-0.05, 0) is 36.1 Å². The first-order valence-corrected chi connectivity index (χ1v) is 14.3. The molecule has 0 bridgehead atoms. The number of aliphatic carboxylic acids is 1. The van der Waals surface area contributed by atoms with Crippen LogP contribution in [0.25, 0.3) is 0 Å². The summed E-state index contributed by atoms with van der Waals surface area (Å²) in [7, 11) is 0. The van der Waals surface area contributed by atoms with E-state index >= 15 is 0 Å². The Hall–Kier alpha value is -5.44. The van der Waals surface area contributed by atoms with Crippen LogP contribution in [-0.2, 0) is 38.4 Å². The topological polar surface area (TPSA) is 264 Å². The number of aromatic amines is 1. The van der Waals surface area contributed by atoms with Gasteiger partial charge in [0.05, 0.1) is 12.4 Å². The van der Waals surface area contributed by atoms with E-state index in [0.717, 1.165) is 0 Å². The lowest BCUT2D eigenvalue weighted by atomic mass is 10.0. The van der Waals surface area contributed by atoms with Crippen molar-refractivity contribution in [1.29, 1.82) is 0 Å². The minimum absolute atomic E-state index is 0.00975. The molecular formula is C30H39N9O6. The highest BCUT2D eigenvalue weighted by atomic mass is 16.4. The van der Waals surface area contributed by atoms with Gasteiger partial charge < -0.3 is 48.3 Å². The van der Waals surface area contributed by atoms with Gasteiger partial charge in [-0.25, -0.2) is 9.78 Å². The molecule has 1 aromatic heterocycles. The number of rotatable bonds is 17. The van der Waals surface area contributed by atoms with E-state index in [9.17, 15) is 29.4 Å². The maximum atomic E-state index is 13.7. The molecule has 3 aromatic rings. The van der Waals surface area contributed by atoms with E-state index in [1.807, 2.05) is 0 Å². The maximum Gasteiger partial charge on any atom is 0.326 e. The summed E-state index contributed by atoms with van der Waals surface area (Å²) in [5.41, 5.74) is 18.5. The number of imidazole rings is 1. The molecule has 0 spiro atoms. The van der Waals surface area contributed by atoms with Crippen molar-refractivity contribution in [2.75, 3.05) is 6.54 Å². The van der Waals surface area contributed by atoms with Gasteiger partial charge in [0.1, 0.15) is 23.9 Å². The number of nitrogens with two attached hydrogens (primary N) is 3. The number of carbonyl (C=O) groups is 4. The fourth-order valence-electron chi connectivity index (χ4n) is 4.43. The molecule has 45 heavy (non-hydrogen) atoms. The molecule has 1 heterocycles. The molecular weight excluding hydrogens is 582 g/mol. The number of aromatic nitrogens is 2. The van der Waals surface area contributed by atoms with E-state index in [-0.39, 0.29) is 43.9 Å². The molecule has 0 saturated carbocycles. The van der Waals surface area contributed by atoms with Crippen LogP contribution >= 0.6 is 0 Å². The summed E-state index contributed by atoms with van der Waals surface area (Å²) in [6.45, 7) is 0.273. The zero-order valence-electron chi connectivity index (χ0n) is 24.6. The van der Waals surface area contributed by atoms with Gasteiger partial charge in [-0.15, -0.1) is 0 Å². The zero-order chi connectivity index (χ0) is 32.8. The Labute approximate surface area is 259 Å². The van der Waals surface area contributed by atoms with E-state index in [0.29, 0.717) is 23.2 Å². The number of aromatic hydroxyl groups is 1. The Morgan fingerprint density at radius 3 is 1.96 bits per heavy atom. The third kappa shape index (κ3) is 11.6. The molecule has 0 aliphatic rings. The third-order valence-corrected chi connectivity index (χ3v) is 6.82. The predicted octanol–water partition coefficient (Wildman–Crippen LogP) is -0.937. The van der Waals surface area contributed by atoms with Crippen LogP contribution in [0, 0.1) is 0 Å². The number of carboxylic acids is 1. The van der Waals surface area contributed by atoms with E-state index in [4.69, 9.17) is 17.2 Å². The molecule has 0 saturated heterocycles. The molecule has 3 rings (SSSR count). The quantitative estimate of drug-likeness (QED) is 0.0507. The molecule has 4 atom stereocenters. The molecule has 15 heteroatoms. The lowest BCUT2D eigenvalue weighted by Crippen LogP contribution is -2.58. The first kappa shape index (κ1) is 34.1. The number of amides is 3.